The maximum atomic E-state index is 12.1. The second-order valence-corrected chi connectivity index (χ2v) is 5.84. The molecule has 0 radical (unpaired) electrons. The normalized spacial score (nSPS) is 18.4. The molecule has 1 rings (SSSR count). The molecule has 0 aromatic rings. The molecule has 0 bridgehead atoms. The van der Waals surface area contributed by atoms with E-state index in [-0.39, 0.29) is 6.04 Å². The van der Waals surface area contributed by atoms with Gasteiger partial charge in [0.05, 0.1) is 0 Å². The van der Waals surface area contributed by atoms with Gasteiger partial charge in [-0.2, -0.15) is 0 Å². The van der Waals surface area contributed by atoms with E-state index < -0.39 is 23.7 Å². The molecule has 1 unspecified atom stereocenters. The first kappa shape index (κ1) is 14.8. The fourth-order valence-electron chi connectivity index (χ4n) is 2.24. The first-order chi connectivity index (χ1) is 8.22. The second-order valence-electron chi connectivity index (χ2n) is 5.84. The van der Waals surface area contributed by atoms with Crippen LogP contribution >= 0.6 is 0 Å². The van der Waals surface area contributed by atoms with Crippen molar-refractivity contribution in [1.29, 1.82) is 0 Å². The lowest BCUT2D eigenvalue weighted by atomic mass is 10.1. The minimum Gasteiger partial charge on any atom is -0.480 e. The lowest BCUT2D eigenvalue weighted by Gasteiger charge is -2.34. The Morgan fingerprint density at radius 2 is 1.78 bits per heavy atom. The van der Waals surface area contributed by atoms with E-state index in [1.165, 1.54) is 11.8 Å². The summed E-state index contributed by atoms with van der Waals surface area (Å²) in [4.78, 5) is 24.6. The van der Waals surface area contributed by atoms with Crippen molar-refractivity contribution >= 4 is 12.1 Å². The standard InChI is InChI=1S/C13H23NO4/c1-9(11(15)16)14(10-7-5-6-8-10)12(17)18-13(2,3)4/h9-10H,5-8H2,1-4H3,(H,15,16). The van der Waals surface area contributed by atoms with Crippen molar-refractivity contribution in [2.24, 2.45) is 0 Å². The number of hydrogen-bond donors (Lipinski definition) is 1. The Kier molecular flexibility index (Phi) is 4.59. The van der Waals surface area contributed by atoms with Gasteiger partial charge in [0.25, 0.3) is 0 Å². The maximum Gasteiger partial charge on any atom is 0.411 e. The number of hydrogen-bond acceptors (Lipinski definition) is 3. The molecule has 0 saturated heterocycles. The van der Waals surface area contributed by atoms with Crippen LogP contribution in [0.15, 0.2) is 0 Å². The van der Waals surface area contributed by atoms with Gasteiger partial charge in [0.1, 0.15) is 11.6 Å². The Morgan fingerprint density at radius 3 is 2.17 bits per heavy atom. The molecule has 0 aromatic carbocycles. The molecule has 1 fully saturated rings. The van der Waals surface area contributed by atoms with Crippen LogP contribution in [0.3, 0.4) is 0 Å². The lowest BCUT2D eigenvalue weighted by molar-refractivity contribution is -0.143. The molecule has 1 N–H and O–H groups in total. The van der Waals surface area contributed by atoms with Crippen LogP contribution in [0.5, 0.6) is 0 Å². The highest BCUT2D eigenvalue weighted by Gasteiger charge is 2.36. The Hall–Kier alpha value is -1.26. The third-order valence-corrected chi connectivity index (χ3v) is 3.10. The van der Waals surface area contributed by atoms with Crippen LogP contribution in [-0.2, 0) is 9.53 Å². The summed E-state index contributed by atoms with van der Waals surface area (Å²) >= 11 is 0. The summed E-state index contributed by atoms with van der Waals surface area (Å²) in [6.45, 7) is 6.88. The molecule has 0 aromatic heterocycles. The van der Waals surface area contributed by atoms with Crippen molar-refractivity contribution in [3.05, 3.63) is 0 Å². The highest BCUT2D eigenvalue weighted by atomic mass is 16.6. The van der Waals surface area contributed by atoms with Crippen LogP contribution in [0, 0.1) is 0 Å². The predicted octanol–water partition coefficient (Wildman–Crippen LogP) is 2.64. The minimum atomic E-state index is -0.993. The molecule has 104 valence electrons. The van der Waals surface area contributed by atoms with Crippen LogP contribution in [0.4, 0.5) is 4.79 Å². The summed E-state index contributed by atoms with van der Waals surface area (Å²) in [5.41, 5.74) is -0.605. The zero-order valence-electron chi connectivity index (χ0n) is 11.6. The topological polar surface area (TPSA) is 66.8 Å². The van der Waals surface area contributed by atoms with E-state index in [1.54, 1.807) is 20.8 Å². The summed E-state index contributed by atoms with van der Waals surface area (Å²) in [6.07, 6.45) is 3.27. The molecule has 18 heavy (non-hydrogen) atoms. The number of rotatable bonds is 3. The smallest absolute Gasteiger partial charge is 0.411 e. The molecule has 0 spiro atoms. The Morgan fingerprint density at radius 1 is 1.28 bits per heavy atom. The highest BCUT2D eigenvalue weighted by Crippen LogP contribution is 2.27. The van der Waals surface area contributed by atoms with Gasteiger partial charge in [-0.25, -0.2) is 9.59 Å². The van der Waals surface area contributed by atoms with Crippen LogP contribution in [0.25, 0.3) is 0 Å². The van der Waals surface area contributed by atoms with Crippen molar-refractivity contribution < 1.29 is 19.4 Å². The van der Waals surface area contributed by atoms with Gasteiger partial charge in [-0.1, -0.05) is 12.8 Å². The summed E-state index contributed by atoms with van der Waals surface area (Å²) in [7, 11) is 0. The monoisotopic (exact) mass is 257 g/mol. The van der Waals surface area contributed by atoms with Gasteiger partial charge in [0.15, 0.2) is 0 Å². The van der Waals surface area contributed by atoms with Crippen LogP contribution in [-0.4, -0.2) is 39.8 Å². The van der Waals surface area contributed by atoms with Gasteiger partial charge < -0.3 is 9.84 Å². The van der Waals surface area contributed by atoms with Gasteiger partial charge in [-0.15, -0.1) is 0 Å². The van der Waals surface area contributed by atoms with Crippen molar-refractivity contribution in [2.75, 3.05) is 0 Å². The zero-order chi connectivity index (χ0) is 13.9. The van der Waals surface area contributed by atoms with Crippen molar-refractivity contribution in [3.8, 4) is 0 Å². The largest absolute Gasteiger partial charge is 0.480 e. The van der Waals surface area contributed by atoms with Gasteiger partial charge in [-0.3, -0.25) is 4.90 Å². The fraction of sp³-hybridized carbons (Fsp3) is 0.846. The van der Waals surface area contributed by atoms with E-state index in [1.807, 2.05) is 0 Å². The number of carboxylic acids is 1. The quantitative estimate of drug-likeness (QED) is 0.844. The third kappa shape index (κ3) is 3.89. The fourth-order valence-corrected chi connectivity index (χ4v) is 2.24. The van der Waals surface area contributed by atoms with Crippen molar-refractivity contribution in [3.63, 3.8) is 0 Å². The highest BCUT2D eigenvalue weighted by molar-refractivity contribution is 5.80. The molecule has 1 aliphatic rings. The lowest BCUT2D eigenvalue weighted by Crippen LogP contribution is -2.50. The van der Waals surface area contributed by atoms with Gasteiger partial charge in [0, 0.05) is 6.04 Å². The molecule has 0 heterocycles. The molecule has 1 amide bonds. The number of aliphatic carboxylic acids is 1. The van der Waals surface area contributed by atoms with Crippen molar-refractivity contribution in [1.82, 2.24) is 4.90 Å². The molecular weight excluding hydrogens is 234 g/mol. The number of ether oxygens (including phenoxy) is 1. The summed E-state index contributed by atoms with van der Waals surface area (Å²) in [5.74, 6) is -0.993. The van der Waals surface area contributed by atoms with E-state index >= 15 is 0 Å². The van der Waals surface area contributed by atoms with Crippen molar-refractivity contribution in [2.45, 2.75) is 71.1 Å². The first-order valence-electron chi connectivity index (χ1n) is 6.46. The average Bonchev–Trinajstić information content (AvgIpc) is 2.67. The number of carbonyl (C=O) groups is 2. The summed E-state index contributed by atoms with van der Waals surface area (Å²) < 4.78 is 5.31. The molecule has 0 aliphatic heterocycles. The van der Waals surface area contributed by atoms with Gasteiger partial charge in [-0.05, 0) is 40.5 Å². The van der Waals surface area contributed by atoms with E-state index in [2.05, 4.69) is 0 Å². The zero-order valence-corrected chi connectivity index (χ0v) is 11.6. The molecular formula is C13H23NO4. The number of nitrogens with zero attached hydrogens (tertiary/aromatic N) is 1. The molecule has 1 aliphatic carbocycles. The van der Waals surface area contributed by atoms with Gasteiger partial charge >= 0.3 is 12.1 Å². The van der Waals surface area contributed by atoms with Gasteiger partial charge in [0.2, 0.25) is 0 Å². The molecule has 5 nitrogen and oxygen atoms in total. The molecule has 5 heteroatoms. The number of amides is 1. The summed E-state index contributed by atoms with van der Waals surface area (Å²) in [5, 5.41) is 9.11. The summed E-state index contributed by atoms with van der Waals surface area (Å²) in [6, 6.07) is -0.853. The number of carbonyl (C=O) groups excluding carboxylic acids is 1. The molecule has 1 atom stereocenters. The molecule has 1 saturated carbocycles. The van der Waals surface area contributed by atoms with E-state index in [9.17, 15) is 9.59 Å². The predicted molar refractivity (Wildman–Crippen MR) is 67.4 cm³/mol. The minimum absolute atomic E-state index is 0.00838. The van der Waals surface area contributed by atoms with E-state index in [0.717, 1.165) is 25.7 Å². The Bertz CT molecular complexity index is 315. The Balaban J connectivity index is 2.82. The first-order valence-corrected chi connectivity index (χ1v) is 6.46. The number of carboxylic acid groups (broad SMARTS) is 1. The second kappa shape index (κ2) is 5.59. The SMILES string of the molecule is CC(C(=O)O)N(C(=O)OC(C)(C)C)C1CCCC1. The maximum absolute atomic E-state index is 12.1. The van der Waals surface area contributed by atoms with E-state index in [0.29, 0.717) is 0 Å². The Labute approximate surface area is 108 Å². The van der Waals surface area contributed by atoms with Crippen LogP contribution in [0.1, 0.15) is 53.4 Å². The van der Waals surface area contributed by atoms with Crippen LogP contribution < -0.4 is 0 Å². The average molecular weight is 257 g/mol. The third-order valence-electron chi connectivity index (χ3n) is 3.10. The van der Waals surface area contributed by atoms with E-state index in [4.69, 9.17) is 9.84 Å². The van der Waals surface area contributed by atoms with Crippen LogP contribution in [0.2, 0.25) is 0 Å².